The van der Waals surface area contributed by atoms with Crippen LogP contribution in [0.4, 0.5) is 10.5 Å². The lowest BCUT2D eigenvalue weighted by Crippen LogP contribution is -2.54. The summed E-state index contributed by atoms with van der Waals surface area (Å²) < 4.78 is 0. The third-order valence-corrected chi connectivity index (χ3v) is 2.69. The van der Waals surface area contributed by atoms with E-state index in [1.165, 1.54) is 11.8 Å². The number of rotatable bonds is 2. The fraction of sp³-hybridized carbons (Fsp3) is 0.333. The number of aliphatic hydroxyl groups excluding tert-OH is 1. The molecular formula is C12H14N2O3. The zero-order valence-electron chi connectivity index (χ0n) is 9.51. The molecule has 1 aliphatic heterocycles. The molecule has 17 heavy (non-hydrogen) atoms. The van der Waals surface area contributed by atoms with E-state index in [1.807, 2.05) is 0 Å². The van der Waals surface area contributed by atoms with Gasteiger partial charge in [0.15, 0.2) is 5.78 Å². The van der Waals surface area contributed by atoms with E-state index in [1.54, 1.807) is 24.3 Å². The van der Waals surface area contributed by atoms with Crippen LogP contribution in [0.15, 0.2) is 24.3 Å². The molecule has 90 valence electrons. The number of β-amino-alcohol motifs (C(OH)–C–C–N with tert-alkyl or cyclic N) is 1. The van der Waals surface area contributed by atoms with Gasteiger partial charge in [0.2, 0.25) is 0 Å². The number of Topliss-reactive ketones (excluding diaryl/α,β-unsaturated/α-hetero) is 1. The highest BCUT2D eigenvalue weighted by Crippen LogP contribution is 2.13. The zero-order chi connectivity index (χ0) is 12.4. The summed E-state index contributed by atoms with van der Waals surface area (Å²) in [4.78, 5) is 24.2. The molecule has 0 aromatic heterocycles. The van der Waals surface area contributed by atoms with Crippen molar-refractivity contribution < 1.29 is 14.7 Å². The number of hydrogen-bond donors (Lipinski definition) is 2. The van der Waals surface area contributed by atoms with Gasteiger partial charge in [0, 0.05) is 11.3 Å². The molecule has 2 rings (SSSR count). The first-order chi connectivity index (χ1) is 8.06. The Kier molecular flexibility index (Phi) is 3.10. The summed E-state index contributed by atoms with van der Waals surface area (Å²) in [5, 5.41) is 11.8. The summed E-state index contributed by atoms with van der Waals surface area (Å²) in [7, 11) is 0. The van der Waals surface area contributed by atoms with Crippen molar-refractivity contribution in [3.63, 3.8) is 0 Å². The van der Waals surface area contributed by atoms with Gasteiger partial charge in [0.1, 0.15) is 0 Å². The Morgan fingerprint density at radius 1 is 1.29 bits per heavy atom. The molecule has 2 N–H and O–H groups in total. The standard InChI is InChI=1S/C12H14N2O3/c1-8(15)9-2-4-10(5-3-9)13-12(17)14-6-11(16)7-14/h2-5,11,16H,6-7H2,1H3,(H,13,17). The molecule has 0 unspecified atom stereocenters. The molecule has 0 bridgehead atoms. The van der Waals surface area contributed by atoms with E-state index in [4.69, 9.17) is 5.11 Å². The van der Waals surface area contributed by atoms with Gasteiger partial charge in [-0.2, -0.15) is 0 Å². The minimum absolute atomic E-state index is 0.00579. The second kappa shape index (κ2) is 4.55. The van der Waals surface area contributed by atoms with Crippen LogP contribution in [0.25, 0.3) is 0 Å². The molecule has 1 aliphatic rings. The fourth-order valence-corrected chi connectivity index (χ4v) is 1.61. The molecule has 0 spiro atoms. The topological polar surface area (TPSA) is 69.6 Å². The summed E-state index contributed by atoms with van der Waals surface area (Å²) in [6.07, 6.45) is -0.402. The first-order valence-corrected chi connectivity index (χ1v) is 5.41. The molecule has 5 nitrogen and oxygen atoms in total. The number of aliphatic hydroxyl groups is 1. The third-order valence-electron chi connectivity index (χ3n) is 2.69. The SMILES string of the molecule is CC(=O)c1ccc(NC(=O)N2CC(O)C2)cc1. The third kappa shape index (κ3) is 2.62. The van der Waals surface area contributed by atoms with E-state index < -0.39 is 6.10 Å². The Morgan fingerprint density at radius 2 is 1.88 bits per heavy atom. The molecule has 0 saturated carbocycles. The number of amides is 2. The van der Waals surface area contributed by atoms with Gasteiger partial charge in [-0.3, -0.25) is 4.79 Å². The maximum Gasteiger partial charge on any atom is 0.322 e. The number of anilines is 1. The van der Waals surface area contributed by atoms with Crippen LogP contribution in [-0.2, 0) is 0 Å². The highest BCUT2D eigenvalue weighted by atomic mass is 16.3. The normalized spacial score (nSPS) is 15.3. The molecule has 1 heterocycles. The van der Waals surface area contributed by atoms with Crippen molar-refractivity contribution in [2.75, 3.05) is 18.4 Å². The number of carbonyl (C=O) groups is 2. The van der Waals surface area contributed by atoms with E-state index >= 15 is 0 Å². The summed E-state index contributed by atoms with van der Waals surface area (Å²) in [5.41, 5.74) is 1.25. The molecule has 0 aliphatic carbocycles. The maximum absolute atomic E-state index is 11.6. The summed E-state index contributed by atoms with van der Waals surface area (Å²) in [6.45, 7) is 2.24. The van der Waals surface area contributed by atoms with Gasteiger partial charge >= 0.3 is 6.03 Å². The Balaban J connectivity index is 1.95. The lowest BCUT2D eigenvalue weighted by atomic mass is 10.1. The smallest absolute Gasteiger partial charge is 0.322 e. The van der Waals surface area contributed by atoms with Crippen LogP contribution >= 0.6 is 0 Å². The maximum atomic E-state index is 11.6. The fourth-order valence-electron chi connectivity index (χ4n) is 1.61. The molecule has 1 saturated heterocycles. The largest absolute Gasteiger partial charge is 0.389 e. The van der Waals surface area contributed by atoms with Crippen molar-refractivity contribution in [3.05, 3.63) is 29.8 Å². The number of nitrogens with zero attached hydrogens (tertiary/aromatic N) is 1. The lowest BCUT2D eigenvalue weighted by molar-refractivity contribution is 0.0309. The number of carbonyl (C=O) groups excluding carboxylic acids is 2. The van der Waals surface area contributed by atoms with Crippen LogP contribution in [0.5, 0.6) is 0 Å². The molecule has 5 heteroatoms. The molecule has 0 radical (unpaired) electrons. The monoisotopic (exact) mass is 234 g/mol. The van der Waals surface area contributed by atoms with Crippen molar-refractivity contribution in [2.45, 2.75) is 13.0 Å². The highest BCUT2D eigenvalue weighted by molar-refractivity contribution is 5.95. The van der Waals surface area contributed by atoms with E-state index in [9.17, 15) is 9.59 Å². The van der Waals surface area contributed by atoms with Gasteiger partial charge < -0.3 is 15.3 Å². The van der Waals surface area contributed by atoms with Crippen LogP contribution in [-0.4, -0.2) is 41.0 Å². The molecular weight excluding hydrogens is 220 g/mol. The predicted octanol–water partition coefficient (Wildman–Crippen LogP) is 1.10. The summed E-state index contributed by atoms with van der Waals surface area (Å²) in [6, 6.07) is 6.48. The molecule has 1 aromatic carbocycles. The van der Waals surface area contributed by atoms with Crippen molar-refractivity contribution in [2.24, 2.45) is 0 Å². The number of hydrogen-bond acceptors (Lipinski definition) is 3. The van der Waals surface area contributed by atoms with Gasteiger partial charge in [-0.15, -0.1) is 0 Å². The number of benzene rings is 1. The minimum Gasteiger partial charge on any atom is -0.389 e. The van der Waals surface area contributed by atoms with Crippen molar-refractivity contribution in [3.8, 4) is 0 Å². The van der Waals surface area contributed by atoms with E-state index in [-0.39, 0.29) is 11.8 Å². The van der Waals surface area contributed by atoms with Gasteiger partial charge in [-0.25, -0.2) is 4.79 Å². The molecule has 1 aromatic rings. The average molecular weight is 234 g/mol. The first-order valence-electron chi connectivity index (χ1n) is 5.41. The average Bonchev–Trinajstić information content (AvgIpc) is 2.25. The second-order valence-corrected chi connectivity index (χ2v) is 4.12. The van der Waals surface area contributed by atoms with E-state index in [2.05, 4.69) is 5.32 Å². The molecule has 0 atom stereocenters. The first kappa shape index (κ1) is 11.6. The van der Waals surface area contributed by atoms with E-state index in [0.29, 0.717) is 24.3 Å². The number of likely N-dealkylation sites (tertiary alicyclic amines) is 1. The van der Waals surface area contributed by atoms with Crippen molar-refractivity contribution in [1.82, 2.24) is 4.90 Å². The van der Waals surface area contributed by atoms with Crippen LogP contribution in [0.2, 0.25) is 0 Å². The molecule has 1 fully saturated rings. The van der Waals surface area contributed by atoms with Crippen molar-refractivity contribution in [1.29, 1.82) is 0 Å². The minimum atomic E-state index is -0.402. The number of ketones is 1. The Labute approximate surface area is 99.0 Å². The Morgan fingerprint density at radius 3 is 2.35 bits per heavy atom. The highest BCUT2D eigenvalue weighted by Gasteiger charge is 2.28. The van der Waals surface area contributed by atoms with Gasteiger partial charge in [-0.05, 0) is 31.2 Å². The summed E-state index contributed by atoms with van der Waals surface area (Å²) >= 11 is 0. The summed E-state index contributed by atoms with van der Waals surface area (Å²) in [5.74, 6) is -0.00579. The van der Waals surface area contributed by atoms with Gasteiger partial charge in [0.25, 0.3) is 0 Å². The van der Waals surface area contributed by atoms with Crippen LogP contribution in [0, 0.1) is 0 Å². The van der Waals surface area contributed by atoms with Crippen LogP contribution < -0.4 is 5.32 Å². The zero-order valence-corrected chi connectivity index (χ0v) is 9.51. The Bertz CT molecular complexity index is 436. The Hall–Kier alpha value is -1.88. The van der Waals surface area contributed by atoms with Gasteiger partial charge in [-0.1, -0.05) is 0 Å². The van der Waals surface area contributed by atoms with E-state index in [0.717, 1.165) is 0 Å². The van der Waals surface area contributed by atoms with Crippen molar-refractivity contribution >= 4 is 17.5 Å². The lowest BCUT2D eigenvalue weighted by Gasteiger charge is -2.35. The molecule has 2 amide bonds. The number of urea groups is 1. The van der Waals surface area contributed by atoms with Gasteiger partial charge in [0.05, 0.1) is 19.2 Å². The second-order valence-electron chi connectivity index (χ2n) is 4.12. The van der Waals surface area contributed by atoms with Crippen LogP contribution in [0.3, 0.4) is 0 Å². The number of nitrogens with one attached hydrogen (secondary N) is 1. The predicted molar refractivity (Wildman–Crippen MR) is 63.0 cm³/mol. The van der Waals surface area contributed by atoms with Crippen LogP contribution in [0.1, 0.15) is 17.3 Å². The quantitative estimate of drug-likeness (QED) is 0.753.